The van der Waals surface area contributed by atoms with E-state index < -0.39 is 0 Å². The van der Waals surface area contributed by atoms with Crippen LogP contribution in [0.1, 0.15) is 16.2 Å². The van der Waals surface area contributed by atoms with E-state index >= 15 is 0 Å². The lowest BCUT2D eigenvalue weighted by Crippen LogP contribution is -2.16. The number of rotatable bonds is 2. The third-order valence-electron chi connectivity index (χ3n) is 3.72. The van der Waals surface area contributed by atoms with Gasteiger partial charge in [0.1, 0.15) is 5.69 Å². The molecule has 0 saturated carbocycles. The molecule has 2 heterocycles. The predicted molar refractivity (Wildman–Crippen MR) is 89.6 cm³/mol. The summed E-state index contributed by atoms with van der Waals surface area (Å²) < 4.78 is 1.56. The van der Waals surface area contributed by atoms with Crippen LogP contribution in [0.2, 0.25) is 0 Å². The average molecular weight is 302 g/mol. The predicted octanol–water partition coefficient (Wildman–Crippen LogP) is 3.44. The van der Waals surface area contributed by atoms with Gasteiger partial charge in [0.2, 0.25) is 0 Å². The molecular formula is C18H14N4O. The number of nitrogens with zero attached hydrogens (tertiary/aromatic N) is 3. The summed E-state index contributed by atoms with van der Waals surface area (Å²) in [6, 6.07) is 17.4. The molecule has 0 aliphatic carbocycles. The molecule has 0 bridgehead atoms. The van der Waals surface area contributed by atoms with Crippen molar-refractivity contribution in [3.63, 3.8) is 0 Å². The lowest BCUT2D eigenvalue weighted by Gasteiger charge is -2.07. The Labute approximate surface area is 132 Å². The zero-order valence-electron chi connectivity index (χ0n) is 12.5. The molecule has 1 amide bonds. The molecule has 0 aliphatic heterocycles. The largest absolute Gasteiger partial charge is 0.321 e. The van der Waals surface area contributed by atoms with Gasteiger partial charge in [-0.15, -0.1) is 0 Å². The molecule has 0 spiro atoms. The van der Waals surface area contributed by atoms with Gasteiger partial charge in [0.15, 0.2) is 5.65 Å². The van der Waals surface area contributed by atoms with Crippen molar-refractivity contribution in [1.82, 2.24) is 14.6 Å². The van der Waals surface area contributed by atoms with Crippen LogP contribution < -0.4 is 5.32 Å². The third kappa shape index (κ3) is 2.42. The number of aryl methyl sites for hydroxylation is 1. The van der Waals surface area contributed by atoms with Crippen LogP contribution in [-0.2, 0) is 0 Å². The van der Waals surface area contributed by atoms with E-state index in [4.69, 9.17) is 0 Å². The minimum absolute atomic E-state index is 0.212. The van der Waals surface area contributed by atoms with E-state index in [2.05, 4.69) is 15.4 Å². The van der Waals surface area contributed by atoms with Crippen LogP contribution in [0, 0.1) is 6.92 Å². The Balaban J connectivity index is 1.70. The molecule has 112 valence electrons. The maximum atomic E-state index is 12.6. The van der Waals surface area contributed by atoms with Crippen molar-refractivity contribution < 1.29 is 4.79 Å². The smallest absolute Gasteiger partial charge is 0.274 e. The summed E-state index contributed by atoms with van der Waals surface area (Å²) in [6.45, 7) is 1.87. The van der Waals surface area contributed by atoms with E-state index in [-0.39, 0.29) is 5.91 Å². The van der Waals surface area contributed by atoms with E-state index in [0.717, 1.165) is 22.2 Å². The van der Waals surface area contributed by atoms with Gasteiger partial charge in [-0.05, 0) is 35.9 Å². The highest BCUT2D eigenvalue weighted by atomic mass is 16.2. The number of anilines is 1. The van der Waals surface area contributed by atoms with Crippen LogP contribution in [0.15, 0.2) is 60.8 Å². The Morgan fingerprint density at radius 1 is 1.04 bits per heavy atom. The summed E-state index contributed by atoms with van der Waals surface area (Å²) in [4.78, 5) is 16.8. The second kappa shape index (κ2) is 5.21. The second-order valence-electron chi connectivity index (χ2n) is 5.40. The molecule has 5 heteroatoms. The monoisotopic (exact) mass is 302 g/mol. The highest BCUT2D eigenvalue weighted by Crippen LogP contribution is 2.19. The fourth-order valence-electron chi connectivity index (χ4n) is 2.64. The molecule has 4 aromatic rings. The quantitative estimate of drug-likeness (QED) is 0.617. The van der Waals surface area contributed by atoms with Crippen molar-refractivity contribution in [2.45, 2.75) is 6.92 Å². The van der Waals surface area contributed by atoms with E-state index in [1.165, 1.54) is 0 Å². The van der Waals surface area contributed by atoms with E-state index in [9.17, 15) is 4.79 Å². The van der Waals surface area contributed by atoms with E-state index in [1.807, 2.05) is 55.5 Å². The standard InChI is InChI=1S/C18H14N4O/c1-12-10-17-19-9-8-16(22(17)21-12)18(23)20-15-7-6-13-4-2-3-5-14(13)11-15/h2-11H,1H3,(H,20,23). The lowest BCUT2D eigenvalue weighted by atomic mass is 10.1. The van der Waals surface area contributed by atoms with E-state index in [1.54, 1.807) is 16.8 Å². The summed E-state index contributed by atoms with van der Waals surface area (Å²) in [5.41, 5.74) is 2.69. The number of hydrogen-bond donors (Lipinski definition) is 1. The minimum atomic E-state index is -0.212. The normalized spacial score (nSPS) is 11.0. The zero-order chi connectivity index (χ0) is 15.8. The fourth-order valence-corrected chi connectivity index (χ4v) is 2.64. The first-order chi connectivity index (χ1) is 11.2. The molecule has 4 rings (SSSR count). The number of carbonyl (C=O) groups is 1. The molecule has 5 nitrogen and oxygen atoms in total. The second-order valence-corrected chi connectivity index (χ2v) is 5.40. The first kappa shape index (κ1) is 13.5. The van der Waals surface area contributed by atoms with Gasteiger partial charge in [-0.1, -0.05) is 30.3 Å². The van der Waals surface area contributed by atoms with Gasteiger partial charge in [0, 0.05) is 18.0 Å². The third-order valence-corrected chi connectivity index (χ3v) is 3.72. The molecule has 0 atom stereocenters. The van der Waals surface area contributed by atoms with Gasteiger partial charge in [-0.3, -0.25) is 4.79 Å². The van der Waals surface area contributed by atoms with Crippen LogP contribution in [-0.4, -0.2) is 20.5 Å². The molecule has 1 N–H and O–H groups in total. The molecule has 0 saturated heterocycles. The molecule has 0 radical (unpaired) electrons. The molecule has 0 fully saturated rings. The molecule has 2 aromatic heterocycles. The van der Waals surface area contributed by atoms with Gasteiger partial charge in [-0.25, -0.2) is 9.50 Å². The van der Waals surface area contributed by atoms with Gasteiger partial charge in [0.05, 0.1) is 5.69 Å². The minimum Gasteiger partial charge on any atom is -0.321 e. The van der Waals surface area contributed by atoms with Crippen molar-refractivity contribution in [3.05, 3.63) is 72.2 Å². The average Bonchev–Trinajstić information content (AvgIpc) is 2.94. The van der Waals surface area contributed by atoms with Crippen molar-refractivity contribution in [2.24, 2.45) is 0 Å². The first-order valence-corrected chi connectivity index (χ1v) is 7.32. The zero-order valence-corrected chi connectivity index (χ0v) is 12.5. The Bertz CT molecular complexity index is 1040. The van der Waals surface area contributed by atoms with Crippen LogP contribution in [0.4, 0.5) is 5.69 Å². The number of hydrogen-bond acceptors (Lipinski definition) is 3. The summed E-state index contributed by atoms with van der Waals surface area (Å²) in [5.74, 6) is -0.212. The van der Waals surface area contributed by atoms with Crippen molar-refractivity contribution in [2.75, 3.05) is 5.32 Å². The number of amides is 1. The number of aromatic nitrogens is 3. The van der Waals surface area contributed by atoms with Crippen LogP contribution in [0.5, 0.6) is 0 Å². The summed E-state index contributed by atoms with van der Waals surface area (Å²) in [7, 11) is 0. The van der Waals surface area contributed by atoms with Crippen LogP contribution >= 0.6 is 0 Å². The number of carbonyl (C=O) groups excluding carboxylic acids is 1. The van der Waals surface area contributed by atoms with Crippen LogP contribution in [0.25, 0.3) is 16.4 Å². The molecular weight excluding hydrogens is 288 g/mol. The summed E-state index contributed by atoms with van der Waals surface area (Å²) >= 11 is 0. The fraction of sp³-hybridized carbons (Fsp3) is 0.0556. The van der Waals surface area contributed by atoms with Crippen LogP contribution in [0.3, 0.4) is 0 Å². The topological polar surface area (TPSA) is 59.3 Å². The maximum absolute atomic E-state index is 12.6. The summed E-state index contributed by atoms with van der Waals surface area (Å²) in [5, 5.41) is 9.47. The highest BCUT2D eigenvalue weighted by molar-refractivity contribution is 6.04. The SMILES string of the molecule is Cc1cc2nccc(C(=O)Nc3ccc4ccccc4c3)n2n1. The number of benzene rings is 2. The lowest BCUT2D eigenvalue weighted by molar-refractivity contribution is 0.102. The Hall–Kier alpha value is -3.21. The Morgan fingerprint density at radius 2 is 1.87 bits per heavy atom. The van der Waals surface area contributed by atoms with Gasteiger partial charge >= 0.3 is 0 Å². The Kier molecular flexibility index (Phi) is 3.05. The van der Waals surface area contributed by atoms with Crippen molar-refractivity contribution in [3.8, 4) is 0 Å². The van der Waals surface area contributed by atoms with Crippen molar-refractivity contribution >= 4 is 28.0 Å². The van der Waals surface area contributed by atoms with E-state index in [0.29, 0.717) is 11.3 Å². The number of fused-ring (bicyclic) bond motifs is 2. The van der Waals surface area contributed by atoms with Gasteiger partial charge < -0.3 is 5.32 Å². The maximum Gasteiger partial charge on any atom is 0.274 e. The Morgan fingerprint density at radius 3 is 2.74 bits per heavy atom. The van der Waals surface area contributed by atoms with Gasteiger partial charge in [-0.2, -0.15) is 5.10 Å². The molecule has 0 aliphatic rings. The molecule has 0 unspecified atom stereocenters. The highest BCUT2D eigenvalue weighted by Gasteiger charge is 2.12. The van der Waals surface area contributed by atoms with Crippen molar-refractivity contribution in [1.29, 1.82) is 0 Å². The molecule has 23 heavy (non-hydrogen) atoms. The molecule has 2 aromatic carbocycles. The number of nitrogens with one attached hydrogen (secondary N) is 1. The summed E-state index contributed by atoms with van der Waals surface area (Å²) in [6.07, 6.45) is 1.62. The first-order valence-electron chi connectivity index (χ1n) is 7.32. The van der Waals surface area contributed by atoms with Gasteiger partial charge in [0.25, 0.3) is 5.91 Å².